The molecule has 0 aliphatic rings. The highest BCUT2D eigenvalue weighted by atomic mass is 16.4. The molecule has 0 radical (unpaired) electrons. The highest BCUT2D eigenvalue weighted by Gasteiger charge is 2.28. The summed E-state index contributed by atoms with van der Waals surface area (Å²) in [7, 11) is 0. The number of hydrogen-bond donors (Lipinski definition) is 3. The van der Waals surface area contributed by atoms with Crippen LogP contribution in [0.15, 0.2) is 18.2 Å². The van der Waals surface area contributed by atoms with Crippen LogP contribution < -0.4 is 11.5 Å². The van der Waals surface area contributed by atoms with E-state index in [9.17, 15) is 4.79 Å². The first-order valence-electron chi connectivity index (χ1n) is 4.15. The molecule has 5 N–H and O–H groups in total. The maximum absolute atomic E-state index is 10.7. The molecule has 0 amide bonds. The van der Waals surface area contributed by atoms with E-state index < -0.39 is 11.5 Å². The quantitative estimate of drug-likeness (QED) is 0.630. The summed E-state index contributed by atoms with van der Waals surface area (Å²) in [5, 5.41) is 8.79. The maximum Gasteiger partial charge on any atom is 0.323 e. The van der Waals surface area contributed by atoms with Crippen molar-refractivity contribution in [3.63, 3.8) is 0 Å². The monoisotopic (exact) mass is 195 g/mol. The van der Waals surface area contributed by atoms with Crippen LogP contribution in [0.5, 0.6) is 0 Å². The van der Waals surface area contributed by atoms with Crippen LogP contribution in [-0.4, -0.2) is 21.6 Å². The van der Waals surface area contributed by atoms with Gasteiger partial charge in [0.05, 0.1) is 0 Å². The summed E-state index contributed by atoms with van der Waals surface area (Å²) in [5.41, 5.74) is 10.3. The molecule has 0 aliphatic heterocycles. The second-order valence-corrected chi connectivity index (χ2v) is 3.45. The topological polar surface area (TPSA) is 102 Å². The van der Waals surface area contributed by atoms with Crippen LogP contribution in [0, 0.1) is 0 Å². The van der Waals surface area contributed by atoms with Crippen molar-refractivity contribution in [1.82, 2.24) is 4.98 Å². The molecule has 1 aromatic rings. The molecule has 5 nitrogen and oxygen atoms in total. The van der Waals surface area contributed by atoms with E-state index in [1.807, 2.05) is 0 Å². The summed E-state index contributed by atoms with van der Waals surface area (Å²) in [5.74, 6) is -0.689. The van der Waals surface area contributed by atoms with Gasteiger partial charge in [0.2, 0.25) is 0 Å². The Balaban J connectivity index is 2.83. The summed E-state index contributed by atoms with van der Waals surface area (Å²) in [6.45, 7) is 1.44. The lowest BCUT2D eigenvalue weighted by molar-refractivity contribution is -0.142. The van der Waals surface area contributed by atoms with Gasteiger partial charge in [0.25, 0.3) is 0 Å². The SMILES string of the molecule is CC(N)(Cc1cccc(N)n1)C(=O)O. The fourth-order valence-electron chi connectivity index (χ4n) is 1.05. The van der Waals surface area contributed by atoms with Gasteiger partial charge in [-0.2, -0.15) is 0 Å². The molecule has 0 saturated carbocycles. The third kappa shape index (κ3) is 2.43. The normalized spacial score (nSPS) is 14.7. The van der Waals surface area contributed by atoms with Crippen molar-refractivity contribution in [1.29, 1.82) is 0 Å². The molecule has 5 heteroatoms. The molecular formula is C9H13N3O2. The lowest BCUT2D eigenvalue weighted by Gasteiger charge is -2.18. The molecule has 0 saturated heterocycles. The van der Waals surface area contributed by atoms with Gasteiger partial charge in [0, 0.05) is 12.1 Å². The van der Waals surface area contributed by atoms with Crippen molar-refractivity contribution in [2.75, 3.05) is 5.73 Å². The van der Waals surface area contributed by atoms with Crippen molar-refractivity contribution < 1.29 is 9.90 Å². The molecule has 14 heavy (non-hydrogen) atoms. The van der Waals surface area contributed by atoms with Gasteiger partial charge in [0.15, 0.2) is 0 Å². The predicted molar refractivity (Wildman–Crippen MR) is 52.6 cm³/mol. The molecule has 0 fully saturated rings. The van der Waals surface area contributed by atoms with E-state index in [1.165, 1.54) is 6.92 Å². The average molecular weight is 195 g/mol. The molecule has 1 unspecified atom stereocenters. The Kier molecular flexibility index (Phi) is 2.71. The minimum absolute atomic E-state index is 0.160. The van der Waals surface area contributed by atoms with Crippen LogP contribution >= 0.6 is 0 Å². The highest BCUT2D eigenvalue weighted by Crippen LogP contribution is 2.10. The number of carboxylic acids is 1. The summed E-state index contributed by atoms with van der Waals surface area (Å²) in [4.78, 5) is 14.7. The fraction of sp³-hybridized carbons (Fsp3) is 0.333. The van der Waals surface area contributed by atoms with Crippen LogP contribution in [0.4, 0.5) is 5.82 Å². The van der Waals surface area contributed by atoms with Crippen molar-refractivity contribution in [3.05, 3.63) is 23.9 Å². The van der Waals surface area contributed by atoms with E-state index in [2.05, 4.69) is 4.98 Å². The van der Waals surface area contributed by atoms with Gasteiger partial charge >= 0.3 is 5.97 Å². The van der Waals surface area contributed by atoms with Gasteiger partial charge < -0.3 is 16.6 Å². The third-order valence-corrected chi connectivity index (χ3v) is 1.87. The zero-order valence-electron chi connectivity index (χ0n) is 7.90. The molecule has 0 spiro atoms. The maximum atomic E-state index is 10.7. The van der Waals surface area contributed by atoms with Crippen molar-refractivity contribution in [2.24, 2.45) is 5.73 Å². The molecule has 1 aromatic heterocycles. The fourth-order valence-corrected chi connectivity index (χ4v) is 1.05. The Morgan fingerprint density at radius 2 is 2.29 bits per heavy atom. The molecule has 0 bridgehead atoms. The Bertz CT molecular complexity index is 350. The zero-order chi connectivity index (χ0) is 10.8. The number of pyridine rings is 1. The first-order chi connectivity index (χ1) is 6.42. The Labute approximate surface area is 81.7 Å². The number of nitrogen functional groups attached to an aromatic ring is 1. The summed E-state index contributed by atoms with van der Waals surface area (Å²) >= 11 is 0. The smallest absolute Gasteiger partial charge is 0.323 e. The number of hydrogen-bond acceptors (Lipinski definition) is 4. The third-order valence-electron chi connectivity index (χ3n) is 1.87. The molecule has 1 heterocycles. The number of carboxylic acid groups (broad SMARTS) is 1. The molecule has 0 aromatic carbocycles. The minimum Gasteiger partial charge on any atom is -0.480 e. The highest BCUT2D eigenvalue weighted by molar-refractivity contribution is 5.78. The summed E-state index contributed by atoms with van der Waals surface area (Å²) in [6.07, 6.45) is 0.160. The van der Waals surface area contributed by atoms with E-state index in [1.54, 1.807) is 18.2 Å². The van der Waals surface area contributed by atoms with E-state index >= 15 is 0 Å². The van der Waals surface area contributed by atoms with Crippen molar-refractivity contribution in [2.45, 2.75) is 18.9 Å². The lowest BCUT2D eigenvalue weighted by atomic mass is 9.97. The Hall–Kier alpha value is -1.62. The van der Waals surface area contributed by atoms with Crippen LogP contribution in [0.3, 0.4) is 0 Å². The lowest BCUT2D eigenvalue weighted by Crippen LogP contribution is -2.47. The number of carbonyl (C=O) groups is 1. The second-order valence-electron chi connectivity index (χ2n) is 3.45. The van der Waals surface area contributed by atoms with E-state index in [4.69, 9.17) is 16.6 Å². The number of aromatic nitrogens is 1. The minimum atomic E-state index is -1.30. The number of aliphatic carboxylic acids is 1. The molecule has 0 aliphatic carbocycles. The molecular weight excluding hydrogens is 182 g/mol. The van der Waals surface area contributed by atoms with Crippen LogP contribution in [0.2, 0.25) is 0 Å². The Morgan fingerprint density at radius 3 is 2.79 bits per heavy atom. The Morgan fingerprint density at radius 1 is 1.64 bits per heavy atom. The molecule has 1 atom stereocenters. The summed E-state index contributed by atoms with van der Waals surface area (Å²) in [6, 6.07) is 5.05. The van der Waals surface area contributed by atoms with Gasteiger partial charge in [-0.1, -0.05) is 6.07 Å². The van der Waals surface area contributed by atoms with Gasteiger partial charge in [0.1, 0.15) is 11.4 Å². The van der Waals surface area contributed by atoms with Crippen LogP contribution in [0.25, 0.3) is 0 Å². The predicted octanol–water partition coefficient (Wildman–Crippen LogP) is 0.00830. The number of anilines is 1. The van der Waals surface area contributed by atoms with Gasteiger partial charge in [-0.05, 0) is 19.1 Å². The van der Waals surface area contributed by atoms with Crippen molar-refractivity contribution in [3.8, 4) is 0 Å². The number of nitrogens with two attached hydrogens (primary N) is 2. The van der Waals surface area contributed by atoms with Crippen LogP contribution in [-0.2, 0) is 11.2 Å². The molecule has 1 rings (SSSR count). The summed E-state index contributed by atoms with van der Waals surface area (Å²) < 4.78 is 0. The standard InChI is InChI=1S/C9H13N3O2/c1-9(11,8(13)14)5-6-3-2-4-7(10)12-6/h2-4H,5,11H2,1H3,(H2,10,12)(H,13,14). The van der Waals surface area contributed by atoms with Gasteiger partial charge in [-0.3, -0.25) is 4.79 Å². The van der Waals surface area contributed by atoms with Gasteiger partial charge in [-0.15, -0.1) is 0 Å². The second kappa shape index (κ2) is 3.63. The van der Waals surface area contributed by atoms with Gasteiger partial charge in [-0.25, -0.2) is 4.98 Å². The van der Waals surface area contributed by atoms with E-state index in [0.29, 0.717) is 11.5 Å². The number of nitrogens with zero attached hydrogens (tertiary/aromatic N) is 1. The first kappa shape index (κ1) is 10.5. The first-order valence-corrected chi connectivity index (χ1v) is 4.15. The van der Waals surface area contributed by atoms with Crippen molar-refractivity contribution >= 4 is 11.8 Å². The average Bonchev–Trinajstić information content (AvgIpc) is 2.02. The largest absolute Gasteiger partial charge is 0.480 e. The number of rotatable bonds is 3. The molecule has 76 valence electrons. The van der Waals surface area contributed by atoms with Crippen LogP contribution in [0.1, 0.15) is 12.6 Å². The zero-order valence-corrected chi connectivity index (χ0v) is 7.90. The van der Waals surface area contributed by atoms with E-state index in [0.717, 1.165) is 0 Å². The van der Waals surface area contributed by atoms with E-state index in [-0.39, 0.29) is 6.42 Å².